The number of hydrogen-bond acceptors (Lipinski definition) is 8. The zero-order chi connectivity index (χ0) is 19.0. The molecule has 0 spiro atoms. The zero-order valence-corrected chi connectivity index (χ0v) is 15.0. The first-order valence-electron chi connectivity index (χ1n) is 8.23. The van der Waals surface area contributed by atoms with Crippen LogP contribution >= 0.6 is 0 Å². The van der Waals surface area contributed by atoms with Crippen molar-refractivity contribution in [3.63, 3.8) is 0 Å². The van der Waals surface area contributed by atoms with Crippen molar-refractivity contribution in [3.05, 3.63) is 24.5 Å². The van der Waals surface area contributed by atoms with Crippen LogP contribution in [0.15, 0.2) is 18.5 Å². The highest BCUT2D eigenvalue weighted by Gasteiger charge is 2.25. The first-order chi connectivity index (χ1) is 13.1. The minimum absolute atomic E-state index is 0.191. The Hall–Kier alpha value is -3.14. The molecule has 1 N–H and O–H groups in total. The van der Waals surface area contributed by atoms with Gasteiger partial charge in [0.15, 0.2) is 28.5 Å². The Morgan fingerprint density at radius 2 is 2.00 bits per heavy atom. The second-order valence-electron chi connectivity index (χ2n) is 5.81. The van der Waals surface area contributed by atoms with Crippen LogP contribution in [0.1, 0.15) is 12.6 Å². The highest BCUT2D eigenvalue weighted by Crippen LogP contribution is 2.41. The first kappa shape index (κ1) is 17.3. The van der Waals surface area contributed by atoms with Crippen molar-refractivity contribution in [2.24, 2.45) is 0 Å². The average molecular weight is 375 g/mol. The summed E-state index contributed by atoms with van der Waals surface area (Å²) >= 11 is 0. The summed E-state index contributed by atoms with van der Waals surface area (Å²) < 4.78 is 37.3. The molecule has 1 unspecified atom stereocenters. The van der Waals surface area contributed by atoms with Crippen LogP contribution in [-0.4, -0.2) is 47.5 Å². The van der Waals surface area contributed by atoms with Gasteiger partial charge in [0, 0.05) is 18.6 Å². The average Bonchev–Trinajstić information content (AvgIpc) is 3.03. The molecular formula is C17H18FN5O4. The monoisotopic (exact) mass is 375 g/mol. The SMILES string of the molecule is COc1cc(Nc2nc(F)nc3c2ncn3C2CCO2)c(OC)c(OC)c1. The number of benzene rings is 1. The van der Waals surface area contributed by atoms with Crippen LogP contribution in [0.4, 0.5) is 15.9 Å². The minimum Gasteiger partial charge on any atom is -0.497 e. The standard InChI is InChI=1S/C17H18FN5O4/c1-24-9-6-10(14(26-3)11(7-9)25-2)20-15-13-16(22-17(18)21-15)23(8-19-13)12-4-5-27-12/h6-8,12H,4-5H2,1-3H3,(H,20,21,22). The third-order valence-corrected chi connectivity index (χ3v) is 4.32. The summed E-state index contributed by atoms with van der Waals surface area (Å²) in [6.45, 7) is 0.657. The van der Waals surface area contributed by atoms with Crippen LogP contribution < -0.4 is 19.5 Å². The van der Waals surface area contributed by atoms with Crippen LogP contribution in [-0.2, 0) is 4.74 Å². The number of ether oxygens (including phenoxy) is 4. The van der Waals surface area contributed by atoms with E-state index in [1.165, 1.54) is 21.3 Å². The second-order valence-corrected chi connectivity index (χ2v) is 5.81. The number of nitrogens with zero attached hydrogens (tertiary/aromatic N) is 4. The van der Waals surface area contributed by atoms with E-state index in [0.29, 0.717) is 40.7 Å². The van der Waals surface area contributed by atoms with Crippen molar-refractivity contribution in [2.45, 2.75) is 12.6 Å². The molecule has 1 atom stereocenters. The number of hydrogen-bond donors (Lipinski definition) is 1. The predicted molar refractivity (Wildman–Crippen MR) is 94.3 cm³/mol. The van der Waals surface area contributed by atoms with Gasteiger partial charge >= 0.3 is 6.08 Å². The largest absolute Gasteiger partial charge is 0.497 e. The van der Waals surface area contributed by atoms with Gasteiger partial charge in [-0.1, -0.05) is 0 Å². The van der Waals surface area contributed by atoms with E-state index < -0.39 is 6.08 Å². The van der Waals surface area contributed by atoms with Crippen molar-refractivity contribution < 1.29 is 23.3 Å². The summed E-state index contributed by atoms with van der Waals surface area (Å²) in [6.07, 6.45) is 1.32. The van der Waals surface area contributed by atoms with E-state index in [1.54, 1.807) is 23.0 Å². The predicted octanol–water partition coefficient (Wildman–Crippen LogP) is 2.65. The van der Waals surface area contributed by atoms with E-state index in [9.17, 15) is 4.39 Å². The molecular weight excluding hydrogens is 357 g/mol. The molecule has 2 aromatic heterocycles. The molecule has 1 aliphatic rings. The molecule has 10 heteroatoms. The van der Waals surface area contributed by atoms with Crippen LogP contribution in [0.25, 0.3) is 11.2 Å². The van der Waals surface area contributed by atoms with Crippen LogP contribution in [0, 0.1) is 6.08 Å². The van der Waals surface area contributed by atoms with E-state index >= 15 is 0 Å². The Kier molecular flexibility index (Phi) is 4.40. The smallest absolute Gasteiger partial charge is 0.312 e. The lowest BCUT2D eigenvalue weighted by molar-refractivity contribution is -0.0974. The maximum atomic E-state index is 14.1. The summed E-state index contributed by atoms with van der Waals surface area (Å²) in [5.41, 5.74) is 1.25. The number of anilines is 2. The first-order valence-corrected chi connectivity index (χ1v) is 8.23. The van der Waals surface area contributed by atoms with Crippen LogP contribution in [0.3, 0.4) is 0 Å². The van der Waals surface area contributed by atoms with Gasteiger partial charge in [-0.05, 0) is 0 Å². The van der Waals surface area contributed by atoms with Crippen LogP contribution in [0.5, 0.6) is 17.2 Å². The van der Waals surface area contributed by atoms with E-state index in [1.807, 2.05) is 0 Å². The van der Waals surface area contributed by atoms with Crippen molar-refractivity contribution in [3.8, 4) is 17.2 Å². The zero-order valence-electron chi connectivity index (χ0n) is 15.0. The van der Waals surface area contributed by atoms with E-state index in [-0.39, 0.29) is 12.0 Å². The molecule has 3 aromatic rings. The van der Waals surface area contributed by atoms with Crippen molar-refractivity contribution >= 4 is 22.7 Å². The molecule has 4 rings (SSSR count). The lowest BCUT2D eigenvalue weighted by atomic mass is 10.2. The van der Waals surface area contributed by atoms with Gasteiger partial charge in [0.25, 0.3) is 0 Å². The molecule has 1 aliphatic heterocycles. The van der Waals surface area contributed by atoms with E-state index in [0.717, 1.165) is 6.42 Å². The number of rotatable bonds is 6. The maximum Gasteiger partial charge on any atom is 0.312 e. The second kappa shape index (κ2) is 6.88. The summed E-state index contributed by atoms with van der Waals surface area (Å²) in [6, 6.07) is 3.38. The summed E-state index contributed by atoms with van der Waals surface area (Å²) in [5.74, 6) is 1.62. The Labute approximate surface area is 154 Å². The third kappa shape index (κ3) is 2.97. The molecule has 0 aliphatic carbocycles. The van der Waals surface area contributed by atoms with Gasteiger partial charge < -0.3 is 24.3 Å². The topological polar surface area (TPSA) is 92.6 Å². The minimum atomic E-state index is -0.875. The van der Waals surface area contributed by atoms with Crippen LogP contribution in [0.2, 0.25) is 0 Å². The van der Waals surface area contributed by atoms with E-state index in [2.05, 4.69) is 20.3 Å². The normalized spacial score (nSPS) is 16.1. The molecule has 1 aromatic carbocycles. The van der Waals surface area contributed by atoms with Gasteiger partial charge in [0.05, 0.1) is 40.0 Å². The molecule has 0 radical (unpaired) electrons. The molecule has 142 valence electrons. The lowest BCUT2D eigenvalue weighted by Crippen LogP contribution is -2.24. The molecule has 9 nitrogen and oxygen atoms in total. The van der Waals surface area contributed by atoms with Crippen molar-refractivity contribution in [1.29, 1.82) is 0 Å². The molecule has 27 heavy (non-hydrogen) atoms. The van der Waals surface area contributed by atoms with Gasteiger partial charge in [0.1, 0.15) is 12.0 Å². The number of nitrogens with one attached hydrogen (secondary N) is 1. The molecule has 0 bridgehead atoms. The third-order valence-electron chi connectivity index (χ3n) is 4.32. The molecule has 1 fully saturated rings. The van der Waals surface area contributed by atoms with Gasteiger partial charge in [-0.2, -0.15) is 14.4 Å². The Morgan fingerprint density at radius 3 is 2.63 bits per heavy atom. The number of methoxy groups -OCH3 is 3. The summed E-state index contributed by atoms with van der Waals surface area (Å²) in [4.78, 5) is 12.1. The quantitative estimate of drug-likeness (QED) is 0.658. The number of halogens is 1. The summed E-state index contributed by atoms with van der Waals surface area (Å²) in [7, 11) is 4.56. The van der Waals surface area contributed by atoms with Gasteiger partial charge in [-0.15, -0.1) is 0 Å². The number of aromatic nitrogens is 4. The van der Waals surface area contributed by atoms with Gasteiger partial charge in [-0.25, -0.2) is 4.98 Å². The fraction of sp³-hybridized carbons (Fsp3) is 0.353. The van der Waals surface area contributed by atoms with Crippen molar-refractivity contribution in [2.75, 3.05) is 33.3 Å². The molecule has 3 heterocycles. The lowest BCUT2D eigenvalue weighted by Gasteiger charge is -2.27. The Morgan fingerprint density at radius 1 is 1.19 bits per heavy atom. The molecule has 0 saturated carbocycles. The number of fused-ring (bicyclic) bond motifs is 1. The Bertz CT molecular complexity index is 989. The van der Waals surface area contributed by atoms with Gasteiger partial charge in [0.2, 0.25) is 0 Å². The van der Waals surface area contributed by atoms with Gasteiger partial charge in [-0.3, -0.25) is 4.57 Å². The van der Waals surface area contributed by atoms with E-state index in [4.69, 9.17) is 18.9 Å². The molecule has 1 saturated heterocycles. The fourth-order valence-corrected chi connectivity index (χ4v) is 2.91. The summed E-state index contributed by atoms with van der Waals surface area (Å²) in [5, 5.41) is 3.05. The highest BCUT2D eigenvalue weighted by molar-refractivity contribution is 5.86. The Balaban J connectivity index is 1.81. The molecule has 0 amide bonds. The maximum absolute atomic E-state index is 14.1. The number of imidazole rings is 1. The fourth-order valence-electron chi connectivity index (χ4n) is 2.91. The van der Waals surface area contributed by atoms with Crippen molar-refractivity contribution in [1.82, 2.24) is 19.5 Å². The highest BCUT2D eigenvalue weighted by atomic mass is 19.1.